The predicted molar refractivity (Wildman–Crippen MR) is 58.2 cm³/mol. The molecule has 1 aromatic heterocycles. The number of hydrogen-bond acceptors (Lipinski definition) is 4. The molecule has 15 heavy (non-hydrogen) atoms. The van der Waals surface area contributed by atoms with Crippen LogP contribution in [0.4, 0.5) is 0 Å². The molecule has 0 aliphatic carbocycles. The Labute approximate surface area is 90.1 Å². The minimum atomic E-state index is 0.510. The molecular formula is C11H17N3O. The smallest absolute Gasteiger partial charge is 0.235 e. The maximum Gasteiger partial charge on any atom is 0.235 e. The van der Waals surface area contributed by atoms with Gasteiger partial charge in [0, 0.05) is 12.5 Å². The van der Waals surface area contributed by atoms with Crippen LogP contribution in [0.3, 0.4) is 0 Å². The zero-order valence-electron chi connectivity index (χ0n) is 9.29. The van der Waals surface area contributed by atoms with Crippen LogP contribution in [0, 0.1) is 6.92 Å². The third kappa shape index (κ3) is 2.26. The topological polar surface area (TPSA) is 47.0 Å². The first-order chi connectivity index (χ1) is 7.31. The molecule has 0 bridgehead atoms. The molecule has 4 nitrogen and oxygen atoms in total. The minimum Gasteiger partial charge on any atom is -0.480 e. The third-order valence-corrected chi connectivity index (χ3v) is 2.83. The summed E-state index contributed by atoms with van der Waals surface area (Å²) in [4.78, 5) is 8.80. The first-order valence-corrected chi connectivity index (χ1v) is 5.39. The number of nitrogens with one attached hydrogen (secondary N) is 1. The first kappa shape index (κ1) is 10.4. The number of aryl methyl sites for hydroxylation is 1. The van der Waals surface area contributed by atoms with Crippen molar-refractivity contribution >= 4 is 0 Å². The molecule has 1 atom stereocenters. The van der Waals surface area contributed by atoms with Crippen LogP contribution >= 0.6 is 0 Å². The van der Waals surface area contributed by atoms with Crippen molar-refractivity contribution < 1.29 is 4.74 Å². The van der Waals surface area contributed by atoms with E-state index >= 15 is 0 Å². The van der Waals surface area contributed by atoms with E-state index in [0.717, 1.165) is 24.5 Å². The average molecular weight is 207 g/mol. The highest BCUT2D eigenvalue weighted by Crippen LogP contribution is 2.22. The van der Waals surface area contributed by atoms with Gasteiger partial charge in [-0.2, -0.15) is 0 Å². The van der Waals surface area contributed by atoms with Crippen molar-refractivity contribution in [3.63, 3.8) is 0 Å². The van der Waals surface area contributed by atoms with E-state index in [9.17, 15) is 0 Å². The van der Waals surface area contributed by atoms with E-state index in [1.807, 2.05) is 13.1 Å². The lowest BCUT2D eigenvalue weighted by molar-refractivity contribution is 0.388. The number of methoxy groups -OCH3 is 1. The van der Waals surface area contributed by atoms with E-state index in [4.69, 9.17) is 4.74 Å². The molecule has 2 rings (SSSR count). The summed E-state index contributed by atoms with van der Waals surface area (Å²) >= 11 is 0. The van der Waals surface area contributed by atoms with Crippen molar-refractivity contribution in [2.45, 2.75) is 25.7 Å². The van der Waals surface area contributed by atoms with Crippen molar-refractivity contribution in [2.24, 2.45) is 0 Å². The van der Waals surface area contributed by atoms with E-state index in [2.05, 4.69) is 15.3 Å². The Morgan fingerprint density at radius 2 is 2.40 bits per heavy atom. The van der Waals surface area contributed by atoms with Gasteiger partial charge in [0.15, 0.2) is 0 Å². The molecule has 4 heteroatoms. The van der Waals surface area contributed by atoms with Crippen LogP contribution in [0.25, 0.3) is 0 Å². The SMILES string of the molecule is COc1ncc(C2CCCNC2)nc1C. The minimum absolute atomic E-state index is 0.510. The third-order valence-electron chi connectivity index (χ3n) is 2.83. The van der Waals surface area contributed by atoms with E-state index in [1.165, 1.54) is 12.8 Å². The molecule has 82 valence electrons. The van der Waals surface area contributed by atoms with Crippen molar-refractivity contribution in [3.8, 4) is 5.88 Å². The normalized spacial score (nSPS) is 21.3. The van der Waals surface area contributed by atoms with Gasteiger partial charge in [0.05, 0.1) is 24.7 Å². The van der Waals surface area contributed by atoms with Gasteiger partial charge in [-0.25, -0.2) is 4.98 Å². The summed E-state index contributed by atoms with van der Waals surface area (Å²) in [5.74, 6) is 1.14. The summed E-state index contributed by atoms with van der Waals surface area (Å²) in [6.45, 7) is 4.07. The monoisotopic (exact) mass is 207 g/mol. The fraction of sp³-hybridized carbons (Fsp3) is 0.636. The molecule has 0 amide bonds. The molecule has 0 radical (unpaired) electrons. The maximum absolute atomic E-state index is 5.10. The fourth-order valence-electron chi connectivity index (χ4n) is 1.99. The maximum atomic E-state index is 5.10. The van der Waals surface area contributed by atoms with Gasteiger partial charge >= 0.3 is 0 Å². The molecule has 1 unspecified atom stereocenters. The molecule has 0 spiro atoms. The largest absolute Gasteiger partial charge is 0.480 e. The number of aromatic nitrogens is 2. The molecule has 1 N–H and O–H groups in total. The van der Waals surface area contributed by atoms with Gasteiger partial charge in [-0.3, -0.25) is 4.98 Å². The molecule has 0 saturated carbocycles. The zero-order valence-corrected chi connectivity index (χ0v) is 9.29. The summed E-state index contributed by atoms with van der Waals surface area (Å²) in [5, 5.41) is 3.38. The fourth-order valence-corrected chi connectivity index (χ4v) is 1.99. The van der Waals surface area contributed by atoms with Gasteiger partial charge in [0.2, 0.25) is 5.88 Å². The molecule has 1 aromatic rings. The average Bonchev–Trinajstić information content (AvgIpc) is 2.30. The molecular weight excluding hydrogens is 190 g/mol. The molecule has 2 heterocycles. The van der Waals surface area contributed by atoms with E-state index in [-0.39, 0.29) is 0 Å². The van der Waals surface area contributed by atoms with Gasteiger partial charge in [-0.05, 0) is 26.3 Å². The highest BCUT2D eigenvalue weighted by Gasteiger charge is 2.17. The Bertz CT molecular complexity index is 335. The van der Waals surface area contributed by atoms with E-state index in [1.54, 1.807) is 7.11 Å². The number of ether oxygens (including phenoxy) is 1. The Balaban J connectivity index is 2.17. The van der Waals surface area contributed by atoms with Crippen LogP contribution < -0.4 is 10.1 Å². The lowest BCUT2D eigenvalue weighted by atomic mass is 9.96. The highest BCUT2D eigenvalue weighted by molar-refractivity contribution is 5.20. The number of piperidine rings is 1. The molecule has 1 saturated heterocycles. The van der Waals surface area contributed by atoms with Crippen molar-refractivity contribution in [1.29, 1.82) is 0 Å². The molecule has 1 aliphatic rings. The standard InChI is InChI=1S/C11H17N3O/c1-8-11(15-2)13-7-10(14-8)9-4-3-5-12-6-9/h7,9,12H,3-6H2,1-2H3. The van der Waals surface area contributed by atoms with Crippen LogP contribution in [0.15, 0.2) is 6.20 Å². The first-order valence-electron chi connectivity index (χ1n) is 5.39. The number of nitrogens with zero attached hydrogens (tertiary/aromatic N) is 2. The van der Waals surface area contributed by atoms with Gasteiger partial charge in [0.1, 0.15) is 0 Å². The Kier molecular flexibility index (Phi) is 3.16. The summed E-state index contributed by atoms with van der Waals surface area (Å²) in [6, 6.07) is 0. The molecule has 1 fully saturated rings. The van der Waals surface area contributed by atoms with Crippen LogP contribution in [-0.4, -0.2) is 30.2 Å². The zero-order chi connectivity index (χ0) is 10.7. The van der Waals surface area contributed by atoms with Crippen molar-refractivity contribution in [3.05, 3.63) is 17.6 Å². The molecule has 0 aromatic carbocycles. The summed E-state index contributed by atoms with van der Waals surface area (Å²) in [7, 11) is 1.62. The number of hydrogen-bond donors (Lipinski definition) is 1. The lowest BCUT2D eigenvalue weighted by Gasteiger charge is -2.22. The van der Waals surface area contributed by atoms with Crippen LogP contribution in [0.2, 0.25) is 0 Å². The summed E-state index contributed by atoms with van der Waals surface area (Å²) < 4.78 is 5.10. The van der Waals surface area contributed by atoms with E-state index < -0.39 is 0 Å². The van der Waals surface area contributed by atoms with Gasteiger partial charge in [0.25, 0.3) is 0 Å². The van der Waals surface area contributed by atoms with Gasteiger partial charge in [-0.15, -0.1) is 0 Å². The van der Waals surface area contributed by atoms with Crippen LogP contribution in [-0.2, 0) is 0 Å². The highest BCUT2D eigenvalue weighted by atomic mass is 16.5. The second-order valence-electron chi connectivity index (χ2n) is 3.93. The Hall–Kier alpha value is -1.16. The predicted octanol–water partition coefficient (Wildman–Crippen LogP) is 1.26. The van der Waals surface area contributed by atoms with E-state index in [0.29, 0.717) is 11.8 Å². The summed E-state index contributed by atoms with van der Waals surface area (Å²) in [6.07, 6.45) is 4.26. The van der Waals surface area contributed by atoms with Crippen molar-refractivity contribution in [2.75, 3.05) is 20.2 Å². The number of rotatable bonds is 2. The lowest BCUT2D eigenvalue weighted by Crippen LogP contribution is -2.29. The second-order valence-corrected chi connectivity index (χ2v) is 3.93. The van der Waals surface area contributed by atoms with Gasteiger partial charge < -0.3 is 10.1 Å². The Morgan fingerprint density at radius 1 is 1.53 bits per heavy atom. The summed E-state index contributed by atoms with van der Waals surface area (Å²) in [5.41, 5.74) is 1.96. The Morgan fingerprint density at radius 3 is 3.00 bits per heavy atom. The van der Waals surface area contributed by atoms with Crippen LogP contribution in [0.5, 0.6) is 5.88 Å². The van der Waals surface area contributed by atoms with Gasteiger partial charge in [-0.1, -0.05) is 0 Å². The van der Waals surface area contributed by atoms with Crippen molar-refractivity contribution in [1.82, 2.24) is 15.3 Å². The van der Waals surface area contributed by atoms with Crippen LogP contribution in [0.1, 0.15) is 30.1 Å². The second kappa shape index (κ2) is 4.57. The molecule has 1 aliphatic heterocycles. The quantitative estimate of drug-likeness (QED) is 0.793.